The van der Waals surface area contributed by atoms with Crippen LogP contribution in [0.2, 0.25) is 0 Å². The maximum atomic E-state index is 13.2. The minimum Gasteiger partial charge on any atom is -0.357 e. The molecule has 4 rings (SSSR count). The molecule has 3 aromatic carbocycles. The number of sulfonamides is 1. The minimum absolute atomic E-state index is 0.119. The maximum absolute atomic E-state index is 13.2. The lowest BCUT2D eigenvalue weighted by Gasteiger charge is -2.29. The average Bonchev–Trinajstić information content (AvgIpc) is 3.04. The van der Waals surface area contributed by atoms with Gasteiger partial charge in [0.2, 0.25) is 11.8 Å². The molecule has 1 aliphatic rings. The minimum atomic E-state index is -3.66. The van der Waals surface area contributed by atoms with Crippen LogP contribution in [-0.4, -0.2) is 44.8 Å². The number of carbonyl (C=O) groups excluding carboxylic acids is 2. The van der Waals surface area contributed by atoms with E-state index in [0.717, 1.165) is 20.8 Å². The summed E-state index contributed by atoms with van der Waals surface area (Å²) in [4.78, 5) is 27.4. The molecule has 0 spiro atoms. The molecule has 1 unspecified atom stereocenters. The van der Waals surface area contributed by atoms with Gasteiger partial charge in [0.1, 0.15) is 6.04 Å². The molecule has 0 aliphatic carbocycles. The zero-order chi connectivity index (χ0) is 24.5. The predicted molar refractivity (Wildman–Crippen MR) is 136 cm³/mol. The van der Waals surface area contributed by atoms with Crippen LogP contribution in [0.3, 0.4) is 0 Å². The standard InChI is InChI=1S/C25H26BrN3O4S/c1-17(25(31)27-2)28(16-18-7-3-10-20(26)15-18)23(30)13-6-14-29-21-11-4-8-19-9-5-12-22(24(19)21)34(29,32)33/h3-5,7-12,15,17H,6,13-14,16H2,1-2H3,(H,27,31). The van der Waals surface area contributed by atoms with Gasteiger partial charge in [0.05, 0.1) is 10.6 Å². The Bertz CT molecular complexity index is 1350. The maximum Gasteiger partial charge on any atom is 0.265 e. The summed E-state index contributed by atoms with van der Waals surface area (Å²) in [5.41, 5.74) is 1.54. The second kappa shape index (κ2) is 9.76. The number of carbonyl (C=O) groups is 2. The summed E-state index contributed by atoms with van der Waals surface area (Å²) < 4.78 is 28.6. The van der Waals surface area contributed by atoms with Gasteiger partial charge in [-0.15, -0.1) is 0 Å². The van der Waals surface area contributed by atoms with Crippen molar-refractivity contribution in [1.82, 2.24) is 10.2 Å². The van der Waals surface area contributed by atoms with E-state index in [2.05, 4.69) is 21.2 Å². The molecule has 34 heavy (non-hydrogen) atoms. The van der Waals surface area contributed by atoms with Crippen LogP contribution in [0.5, 0.6) is 0 Å². The Labute approximate surface area is 207 Å². The molecule has 7 nitrogen and oxygen atoms in total. The Kier molecular flexibility index (Phi) is 6.95. The van der Waals surface area contributed by atoms with Crippen LogP contribution in [0.1, 0.15) is 25.3 Å². The van der Waals surface area contributed by atoms with Crippen molar-refractivity contribution in [3.63, 3.8) is 0 Å². The van der Waals surface area contributed by atoms with E-state index < -0.39 is 16.1 Å². The van der Waals surface area contributed by atoms with E-state index in [-0.39, 0.29) is 31.3 Å². The fraction of sp³-hybridized carbons (Fsp3) is 0.280. The average molecular weight is 544 g/mol. The third kappa shape index (κ3) is 4.54. The fourth-order valence-electron chi connectivity index (χ4n) is 4.34. The fourth-order valence-corrected chi connectivity index (χ4v) is 6.54. The summed E-state index contributed by atoms with van der Waals surface area (Å²) in [6, 6.07) is 17.7. The van der Waals surface area contributed by atoms with E-state index in [1.165, 1.54) is 16.3 Å². The number of benzene rings is 3. The normalized spacial score (nSPS) is 14.7. The van der Waals surface area contributed by atoms with Gasteiger partial charge in [-0.3, -0.25) is 13.9 Å². The number of nitrogens with one attached hydrogen (secondary N) is 1. The lowest BCUT2D eigenvalue weighted by Crippen LogP contribution is -2.46. The number of rotatable bonds is 8. The van der Waals surface area contributed by atoms with Gasteiger partial charge < -0.3 is 10.2 Å². The van der Waals surface area contributed by atoms with Gasteiger partial charge in [-0.25, -0.2) is 8.42 Å². The van der Waals surface area contributed by atoms with Gasteiger partial charge >= 0.3 is 0 Å². The first-order valence-corrected chi connectivity index (χ1v) is 13.3. The van der Waals surface area contributed by atoms with Crippen molar-refractivity contribution in [3.8, 4) is 0 Å². The van der Waals surface area contributed by atoms with E-state index in [1.807, 2.05) is 42.5 Å². The summed E-state index contributed by atoms with van der Waals surface area (Å²) in [5, 5.41) is 4.20. The third-order valence-electron chi connectivity index (χ3n) is 6.09. The largest absolute Gasteiger partial charge is 0.357 e. The molecule has 0 aromatic heterocycles. The van der Waals surface area contributed by atoms with Crippen LogP contribution in [0.25, 0.3) is 10.8 Å². The lowest BCUT2D eigenvalue weighted by atomic mass is 10.1. The highest BCUT2D eigenvalue weighted by molar-refractivity contribution is 9.10. The molecule has 1 heterocycles. The van der Waals surface area contributed by atoms with Crippen LogP contribution in [0, 0.1) is 0 Å². The van der Waals surface area contributed by atoms with Gasteiger partial charge in [0, 0.05) is 36.4 Å². The zero-order valence-corrected chi connectivity index (χ0v) is 21.4. The van der Waals surface area contributed by atoms with E-state index in [4.69, 9.17) is 0 Å². The van der Waals surface area contributed by atoms with E-state index in [0.29, 0.717) is 17.0 Å². The Morgan fingerprint density at radius 3 is 2.50 bits per heavy atom. The van der Waals surface area contributed by atoms with Crippen LogP contribution in [0.15, 0.2) is 70.0 Å². The summed E-state index contributed by atoms with van der Waals surface area (Å²) in [6.07, 6.45) is 0.450. The molecule has 0 bridgehead atoms. The highest BCUT2D eigenvalue weighted by Crippen LogP contribution is 2.42. The third-order valence-corrected chi connectivity index (χ3v) is 8.44. The van der Waals surface area contributed by atoms with E-state index >= 15 is 0 Å². The van der Waals surface area contributed by atoms with Crippen LogP contribution in [0.4, 0.5) is 5.69 Å². The summed E-state index contributed by atoms with van der Waals surface area (Å²) in [7, 11) is -2.13. The summed E-state index contributed by atoms with van der Waals surface area (Å²) >= 11 is 3.44. The molecule has 2 amide bonds. The molecule has 9 heteroatoms. The van der Waals surface area contributed by atoms with E-state index in [1.54, 1.807) is 25.1 Å². The van der Waals surface area contributed by atoms with Gasteiger partial charge in [-0.1, -0.05) is 52.3 Å². The number of hydrogen-bond acceptors (Lipinski definition) is 4. The first-order valence-electron chi connectivity index (χ1n) is 11.0. The van der Waals surface area contributed by atoms with Gasteiger partial charge in [0.25, 0.3) is 10.0 Å². The number of likely N-dealkylation sites (N-methyl/N-ethyl adjacent to an activating group) is 1. The van der Waals surface area contributed by atoms with Gasteiger partial charge in [0.15, 0.2) is 0 Å². The Morgan fingerprint density at radius 1 is 1.09 bits per heavy atom. The molecule has 0 saturated heterocycles. The first-order chi connectivity index (χ1) is 16.2. The van der Waals surface area contributed by atoms with Crippen LogP contribution < -0.4 is 9.62 Å². The van der Waals surface area contributed by atoms with Gasteiger partial charge in [-0.2, -0.15) is 0 Å². The highest BCUT2D eigenvalue weighted by Gasteiger charge is 2.35. The number of hydrogen-bond donors (Lipinski definition) is 1. The molecule has 1 N–H and O–H groups in total. The predicted octanol–water partition coefficient (Wildman–Crippen LogP) is 4.05. The summed E-state index contributed by atoms with van der Waals surface area (Å²) in [5.74, 6) is -0.462. The zero-order valence-electron chi connectivity index (χ0n) is 19.0. The van der Waals surface area contributed by atoms with Crippen molar-refractivity contribution in [2.24, 2.45) is 0 Å². The summed E-state index contributed by atoms with van der Waals surface area (Å²) in [6.45, 7) is 2.15. The van der Waals surface area contributed by atoms with Crippen molar-refractivity contribution in [2.75, 3.05) is 17.9 Å². The topological polar surface area (TPSA) is 86.8 Å². The SMILES string of the molecule is CNC(=O)C(C)N(Cc1cccc(Br)c1)C(=O)CCCN1c2cccc3cccc(c23)S1(=O)=O. The second-order valence-electron chi connectivity index (χ2n) is 8.25. The molecule has 3 aromatic rings. The quantitative estimate of drug-likeness (QED) is 0.464. The Morgan fingerprint density at radius 2 is 1.79 bits per heavy atom. The molecular weight excluding hydrogens is 518 g/mol. The van der Waals surface area contributed by atoms with Crippen molar-refractivity contribution >= 4 is 54.2 Å². The number of anilines is 1. The molecule has 0 saturated carbocycles. The monoisotopic (exact) mass is 543 g/mol. The number of halogens is 1. The molecule has 1 atom stereocenters. The van der Waals surface area contributed by atoms with Crippen molar-refractivity contribution in [2.45, 2.75) is 37.2 Å². The molecule has 0 fully saturated rings. The smallest absolute Gasteiger partial charge is 0.265 e. The highest BCUT2D eigenvalue weighted by atomic mass is 79.9. The van der Waals surface area contributed by atoms with Crippen LogP contribution in [-0.2, 0) is 26.2 Å². The first kappa shape index (κ1) is 24.2. The number of amides is 2. The van der Waals surface area contributed by atoms with Crippen molar-refractivity contribution < 1.29 is 18.0 Å². The Balaban J connectivity index is 1.50. The van der Waals surface area contributed by atoms with E-state index in [9.17, 15) is 18.0 Å². The van der Waals surface area contributed by atoms with Gasteiger partial charge in [-0.05, 0) is 48.6 Å². The van der Waals surface area contributed by atoms with Crippen LogP contribution >= 0.6 is 15.9 Å². The van der Waals surface area contributed by atoms with Crippen molar-refractivity contribution in [1.29, 1.82) is 0 Å². The van der Waals surface area contributed by atoms with Crippen molar-refractivity contribution in [3.05, 3.63) is 70.7 Å². The lowest BCUT2D eigenvalue weighted by molar-refractivity contribution is -0.140. The molecule has 178 valence electrons. The molecule has 0 radical (unpaired) electrons. The molecule has 1 aliphatic heterocycles. The Hall–Kier alpha value is -2.91. The molecular formula is C25H26BrN3O4S. The number of nitrogens with zero attached hydrogens (tertiary/aromatic N) is 2. The second-order valence-corrected chi connectivity index (χ2v) is 11.0.